The zero-order valence-corrected chi connectivity index (χ0v) is 14.4. The molecule has 2 aromatic rings. The van der Waals surface area contributed by atoms with E-state index >= 15 is 0 Å². The summed E-state index contributed by atoms with van der Waals surface area (Å²) >= 11 is 1.76. The lowest BCUT2D eigenvalue weighted by Gasteiger charge is -2.16. The summed E-state index contributed by atoms with van der Waals surface area (Å²) in [7, 11) is 1.88. The van der Waals surface area contributed by atoms with E-state index in [9.17, 15) is 4.79 Å². The van der Waals surface area contributed by atoms with Crippen molar-refractivity contribution >= 4 is 17.4 Å². The van der Waals surface area contributed by atoms with Crippen LogP contribution in [0.1, 0.15) is 36.0 Å². The number of nitrogens with zero attached hydrogens (tertiary/aromatic N) is 2. The van der Waals surface area contributed by atoms with Crippen LogP contribution in [0.5, 0.6) is 0 Å². The highest BCUT2D eigenvalue weighted by Crippen LogP contribution is 2.16. The molecule has 0 spiro atoms. The lowest BCUT2D eigenvalue weighted by Crippen LogP contribution is -2.39. The van der Waals surface area contributed by atoms with Gasteiger partial charge in [0.1, 0.15) is 0 Å². The molecule has 0 radical (unpaired) electrons. The number of thiophene rings is 1. The van der Waals surface area contributed by atoms with E-state index in [0.29, 0.717) is 12.5 Å². The van der Waals surface area contributed by atoms with Crippen molar-refractivity contribution in [2.24, 2.45) is 13.0 Å². The average molecular weight is 320 g/mol. The van der Waals surface area contributed by atoms with Crippen molar-refractivity contribution < 1.29 is 4.79 Å². The maximum atomic E-state index is 12.0. The number of rotatable bonds is 6. The molecule has 0 saturated carbocycles. The van der Waals surface area contributed by atoms with Crippen LogP contribution in [0.15, 0.2) is 23.7 Å². The zero-order chi connectivity index (χ0) is 16.1. The van der Waals surface area contributed by atoms with Gasteiger partial charge in [0.15, 0.2) is 0 Å². The molecule has 22 heavy (non-hydrogen) atoms. The Bertz CT molecular complexity index is 606. The molecular weight excluding hydrogens is 296 g/mol. The van der Waals surface area contributed by atoms with Crippen LogP contribution in [0.2, 0.25) is 0 Å². The molecule has 0 aliphatic heterocycles. The Hall–Kier alpha value is -1.82. The summed E-state index contributed by atoms with van der Waals surface area (Å²) in [5, 5.41) is 12.3. The lowest BCUT2D eigenvalue weighted by atomic mass is 10.1. The van der Waals surface area contributed by atoms with E-state index < -0.39 is 0 Å². The normalized spacial score (nSPS) is 13.6. The second-order valence-corrected chi connectivity index (χ2v) is 6.84. The third-order valence-corrected chi connectivity index (χ3v) is 4.51. The van der Waals surface area contributed by atoms with Gasteiger partial charge in [-0.15, -0.1) is 11.3 Å². The van der Waals surface area contributed by atoms with Gasteiger partial charge < -0.3 is 10.6 Å². The van der Waals surface area contributed by atoms with Crippen LogP contribution < -0.4 is 10.6 Å². The topological polar surface area (TPSA) is 59.0 Å². The highest BCUT2D eigenvalue weighted by molar-refractivity contribution is 7.09. The Morgan fingerprint density at radius 2 is 2.23 bits per heavy atom. The molecule has 0 aliphatic rings. The van der Waals surface area contributed by atoms with Gasteiger partial charge >= 0.3 is 6.03 Å². The molecule has 0 fully saturated rings. The van der Waals surface area contributed by atoms with Crippen molar-refractivity contribution in [1.29, 1.82) is 0 Å². The molecule has 6 heteroatoms. The molecule has 2 aromatic heterocycles. The average Bonchev–Trinajstić information content (AvgIpc) is 3.06. The Labute approximate surface area is 135 Å². The van der Waals surface area contributed by atoms with E-state index in [-0.39, 0.29) is 12.1 Å². The van der Waals surface area contributed by atoms with Crippen LogP contribution in [0.4, 0.5) is 4.79 Å². The molecule has 2 atom stereocenters. The number of hydrogen-bond donors (Lipinski definition) is 2. The third-order valence-electron chi connectivity index (χ3n) is 3.61. The summed E-state index contributed by atoms with van der Waals surface area (Å²) in [5.74, 6) is 0.417. The summed E-state index contributed by atoms with van der Waals surface area (Å²) in [5.41, 5.74) is 1.99. The van der Waals surface area contributed by atoms with Crippen LogP contribution in [0, 0.1) is 12.8 Å². The molecule has 2 rings (SSSR count). The molecule has 2 heterocycles. The van der Waals surface area contributed by atoms with Gasteiger partial charge in [-0.3, -0.25) is 4.68 Å². The highest BCUT2D eigenvalue weighted by Gasteiger charge is 2.14. The van der Waals surface area contributed by atoms with Crippen molar-refractivity contribution in [1.82, 2.24) is 20.4 Å². The minimum atomic E-state index is -0.131. The predicted molar refractivity (Wildman–Crippen MR) is 90.1 cm³/mol. The minimum Gasteiger partial charge on any atom is -0.338 e. The van der Waals surface area contributed by atoms with Gasteiger partial charge in [0.2, 0.25) is 0 Å². The van der Waals surface area contributed by atoms with E-state index in [1.807, 2.05) is 27.1 Å². The van der Waals surface area contributed by atoms with Crippen molar-refractivity contribution in [2.75, 3.05) is 6.54 Å². The Morgan fingerprint density at radius 3 is 2.82 bits per heavy atom. The number of nitrogens with one attached hydrogen (secondary N) is 2. The predicted octanol–water partition coefficient (Wildman–Crippen LogP) is 3.03. The summed E-state index contributed by atoms with van der Waals surface area (Å²) in [6.07, 6.45) is 2.94. The van der Waals surface area contributed by atoms with Crippen molar-refractivity contribution in [3.8, 4) is 0 Å². The van der Waals surface area contributed by atoms with Gasteiger partial charge in [-0.2, -0.15) is 5.10 Å². The maximum absolute atomic E-state index is 12.0. The summed E-state index contributed by atoms with van der Waals surface area (Å²) in [4.78, 5) is 13.4. The number of hydrogen-bond acceptors (Lipinski definition) is 3. The molecule has 0 unspecified atom stereocenters. The van der Waals surface area contributed by atoms with Crippen molar-refractivity contribution in [3.63, 3.8) is 0 Å². The van der Waals surface area contributed by atoms with E-state index in [2.05, 4.69) is 40.2 Å². The van der Waals surface area contributed by atoms with Gasteiger partial charge in [-0.1, -0.05) is 13.0 Å². The fourth-order valence-electron chi connectivity index (χ4n) is 2.48. The van der Waals surface area contributed by atoms with E-state index in [0.717, 1.165) is 17.7 Å². The lowest BCUT2D eigenvalue weighted by molar-refractivity contribution is 0.236. The first-order chi connectivity index (χ1) is 10.5. The number of amides is 2. The van der Waals surface area contributed by atoms with E-state index in [4.69, 9.17) is 0 Å². The Kier molecular flexibility index (Phi) is 5.60. The second kappa shape index (κ2) is 7.45. The largest absolute Gasteiger partial charge is 0.338 e. The number of urea groups is 1. The molecule has 0 saturated heterocycles. The smallest absolute Gasteiger partial charge is 0.315 e. The molecular formula is C16H24N4OS. The Morgan fingerprint density at radius 1 is 1.45 bits per heavy atom. The summed E-state index contributed by atoms with van der Waals surface area (Å²) < 4.78 is 1.77. The molecule has 2 N–H and O–H groups in total. The highest BCUT2D eigenvalue weighted by atomic mass is 32.1. The Balaban J connectivity index is 1.76. The van der Waals surface area contributed by atoms with Gasteiger partial charge in [-0.25, -0.2) is 4.79 Å². The van der Waals surface area contributed by atoms with Crippen LogP contribution in [-0.2, 0) is 13.5 Å². The van der Waals surface area contributed by atoms with Crippen molar-refractivity contribution in [2.45, 2.75) is 33.2 Å². The van der Waals surface area contributed by atoms with Crippen LogP contribution in [0.3, 0.4) is 0 Å². The van der Waals surface area contributed by atoms with Gasteiger partial charge in [0.25, 0.3) is 0 Å². The van der Waals surface area contributed by atoms with E-state index in [1.54, 1.807) is 16.0 Å². The minimum absolute atomic E-state index is 0.0543. The first kappa shape index (κ1) is 16.5. The van der Waals surface area contributed by atoms with Gasteiger partial charge in [-0.05, 0) is 37.6 Å². The monoisotopic (exact) mass is 320 g/mol. The molecule has 0 aliphatic carbocycles. The van der Waals surface area contributed by atoms with E-state index in [1.165, 1.54) is 4.88 Å². The van der Waals surface area contributed by atoms with Crippen molar-refractivity contribution in [3.05, 3.63) is 39.8 Å². The number of carbonyl (C=O) groups is 1. The molecule has 0 bridgehead atoms. The second-order valence-electron chi connectivity index (χ2n) is 5.81. The quantitative estimate of drug-likeness (QED) is 0.859. The zero-order valence-electron chi connectivity index (χ0n) is 13.6. The first-order valence-electron chi connectivity index (χ1n) is 7.52. The van der Waals surface area contributed by atoms with Gasteiger partial charge in [0, 0.05) is 30.2 Å². The van der Waals surface area contributed by atoms with Crippen LogP contribution in [-0.4, -0.2) is 22.4 Å². The number of carbonyl (C=O) groups excluding carboxylic acids is 1. The number of aromatic nitrogens is 2. The SMILES string of the molecule is Cc1nn(C)cc1[C@H](C)NC(=O)NC[C@H](C)Cc1cccs1. The third kappa shape index (κ3) is 4.59. The maximum Gasteiger partial charge on any atom is 0.315 e. The molecule has 5 nitrogen and oxygen atoms in total. The fourth-order valence-corrected chi connectivity index (χ4v) is 3.35. The molecule has 2 amide bonds. The molecule has 120 valence electrons. The number of aryl methyl sites for hydroxylation is 2. The summed E-state index contributed by atoms with van der Waals surface area (Å²) in [6.45, 7) is 6.74. The summed E-state index contributed by atoms with van der Waals surface area (Å²) in [6, 6.07) is 4.01. The van der Waals surface area contributed by atoms with Crippen LogP contribution >= 0.6 is 11.3 Å². The standard InChI is InChI=1S/C16H24N4OS/c1-11(8-14-6-5-7-22-14)9-17-16(21)18-12(2)15-10-20(4)19-13(15)3/h5-7,10-12H,8-9H2,1-4H3,(H2,17,18,21)/t11-,12+/m1/s1. The van der Waals surface area contributed by atoms with Gasteiger partial charge in [0.05, 0.1) is 11.7 Å². The first-order valence-corrected chi connectivity index (χ1v) is 8.40. The molecule has 0 aromatic carbocycles. The van der Waals surface area contributed by atoms with Crippen LogP contribution in [0.25, 0.3) is 0 Å². The fraction of sp³-hybridized carbons (Fsp3) is 0.500.